The van der Waals surface area contributed by atoms with Gasteiger partial charge in [0.2, 0.25) is 0 Å². The zero-order valence-electron chi connectivity index (χ0n) is 10.2. The quantitative estimate of drug-likeness (QED) is 0.896. The first-order valence-electron chi connectivity index (χ1n) is 5.59. The first kappa shape index (κ1) is 13.2. The minimum atomic E-state index is -1.15. The summed E-state index contributed by atoms with van der Waals surface area (Å²) in [5, 5.41) is 11.6. The van der Waals surface area contributed by atoms with Crippen molar-refractivity contribution in [2.75, 3.05) is 0 Å². The number of carboxylic acids is 1. The van der Waals surface area contributed by atoms with Gasteiger partial charge in [-0.15, -0.1) is 11.3 Å². The molecule has 2 rings (SSSR count). The number of pyridine rings is 1. The van der Waals surface area contributed by atoms with Crippen molar-refractivity contribution in [1.82, 2.24) is 10.3 Å². The number of thiophene rings is 1. The molecule has 0 saturated heterocycles. The van der Waals surface area contributed by atoms with Crippen molar-refractivity contribution in [1.29, 1.82) is 0 Å². The van der Waals surface area contributed by atoms with E-state index < -0.39 is 5.97 Å². The summed E-state index contributed by atoms with van der Waals surface area (Å²) in [4.78, 5) is 28.5. The van der Waals surface area contributed by atoms with Crippen LogP contribution in [0.3, 0.4) is 0 Å². The van der Waals surface area contributed by atoms with Gasteiger partial charge in [0.1, 0.15) is 5.69 Å². The smallest absolute Gasteiger partial charge is 0.354 e. The number of hydrogen-bond acceptors (Lipinski definition) is 4. The van der Waals surface area contributed by atoms with Crippen LogP contribution in [-0.4, -0.2) is 22.0 Å². The third-order valence-electron chi connectivity index (χ3n) is 2.46. The summed E-state index contributed by atoms with van der Waals surface area (Å²) < 4.78 is 0. The topological polar surface area (TPSA) is 79.3 Å². The molecule has 2 aromatic rings. The lowest BCUT2D eigenvalue weighted by molar-refractivity contribution is 0.0690. The van der Waals surface area contributed by atoms with E-state index in [0.717, 1.165) is 4.88 Å². The van der Waals surface area contributed by atoms with Crippen molar-refractivity contribution < 1.29 is 14.7 Å². The van der Waals surface area contributed by atoms with E-state index in [1.807, 2.05) is 19.1 Å². The number of nitrogens with zero attached hydrogens (tertiary/aromatic N) is 1. The third kappa shape index (κ3) is 3.38. The largest absolute Gasteiger partial charge is 0.477 e. The molecule has 0 radical (unpaired) electrons. The van der Waals surface area contributed by atoms with Crippen LogP contribution in [0.1, 0.15) is 30.6 Å². The minimum Gasteiger partial charge on any atom is -0.477 e. The number of aromatic carboxylic acids is 1. The molecule has 0 aromatic carbocycles. The van der Waals surface area contributed by atoms with Crippen LogP contribution in [0.25, 0.3) is 0 Å². The van der Waals surface area contributed by atoms with Gasteiger partial charge in [0, 0.05) is 21.5 Å². The predicted octanol–water partition coefficient (Wildman–Crippen LogP) is 2.08. The summed E-state index contributed by atoms with van der Waals surface area (Å²) in [6, 6.07) is 6.69. The number of amides is 1. The molecule has 1 amide bonds. The Morgan fingerprint density at radius 2 is 2.16 bits per heavy atom. The van der Waals surface area contributed by atoms with Crippen LogP contribution < -0.4 is 5.32 Å². The van der Waals surface area contributed by atoms with Gasteiger partial charge in [0.05, 0.1) is 6.54 Å². The van der Waals surface area contributed by atoms with E-state index in [0.29, 0.717) is 12.1 Å². The van der Waals surface area contributed by atoms with Gasteiger partial charge >= 0.3 is 5.97 Å². The van der Waals surface area contributed by atoms with E-state index in [1.165, 1.54) is 23.2 Å². The first-order chi connectivity index (χ1) is 9.06. The third-order valence-corrected chi connectivity index (χ3v) is 3.46. The zero-order valence-corrected chi connectivity index (χ0v) is 11.0. The Labute approximate surface area is 113 Å². The van der Waals surface area contributed by atoms with E-state index >= 15 is 0 Å². The van der Waals surface area contributed by atoms with Crippen molar-refractivity contribution in [3.63, 3.8) is 0 Å². The van der Waals surface area contributed by atoms with Gasteiger partial charge in [-0.3, -0.25) is 4.79 Å². The van der Waals surface area contributed by atoms with Crippen LogP contribution in [0, 0.1) is 6.92 Å². The molecule has 0 aliphatic carbocycles. The van der Waals surface area contributed by atoms with E-state index in [9.17, 15) is 9.59 Å². The summed E-state index contributed by atoms with van der Waals surface area (Å²) >= 11 is 1.61. The molecule has 0 spiro atoms. The number of carbonyl (C=O) groups is 2. The molecular weight excluding hydrogens is 264 g/mol. The van der Waals surface area contributed by atoms with Crippen LogP contribution in [0.5, 0.6) is 0 Å². The van der Waals surface area contributed by atoms with E-state index in [1.54, 1.807) is 11.3 Å². The molecule has 0 fully saturated rings. The second kappa shape index (κ2) is 5.62. The van der Waals surface area contributed by atoms with E-state index in [-0.39, 0.29) is 11.6 Å². The van der Waals surface area contributed by atoms with Gasteiger partial charge in [-0.05, 0) is 31.2 Å². The normalized spacial score (nSPS) is 10.2. The summed E-state index contributed by atoms with van der Waals surface area (Å²) in [5.41, 5.74) is 0.153. The maximum Gasteiger partial charge on any atom is 0.354 e. The van der Waals surface area contributed by atoms with Gasteiger partial charge in [-0.1, -0.05) is 0 Å². The molecule has 0 atom stereocenters. The molecule has 19 heavy (non-hydrogen) atoms. The predicted molar refractivity (Wildman–Crippen MR) is 71.4 cm³/mol. The SMILES string of the molecule is Cc1ccc(CNC(=O)c2ccnc(C(=O)O)c2)s1. The Morgan fingerprint density at radius 3 is 2.79 bits per heavy atom. The fraction of sp³-hybridized carbons (Fsp3) is 0.154. The molecule has 6 heteroatoms. The van der Waals surface area contributed by atoms with Gasteiger partial charge in [-0.2, -0.15) is 0 Å². The van der Waals surface area contributed by atoms with Crippen LogP contribution in [-0.2, 0) is 6.54 Å². The van der Waals surface area contributed by atoms with E-state index in [2.05, 4.69) is 10.3 Å². The molecule has 5 nitrogen and oxygen atoms in total. The standard InChI is InChI=1S/C13H12N2O3S/c1-8-2-3-10(19-8)7-15-12(16)9-4-5-14-11(6-9)13(17)18/h2-6H,7H2,1H3,(H,15,16)(H,17,18). The molecule has 0 bridgehead atoms. The fourth-order valence-electron chi connectivity index (χ4n) is 1.54. The van der Waals surface area contributed by atoms with Crippen LogP contribution in [0.15, 0.2) is 30.5 Å². The Bertz CT molecular complexity index is 622. The maximum absolute atomic E-state index is 11.9. The Kier molecular flexibility index (Phi) is 3.91. The lowest BCUT2D eigenvalue weighted by Gasteiger charge is -2.04. The number of nitrogens with one attached hydrogen (secondary N) is 1. The highest BCUT2D eigenvalue weighted by Crippen LogP contribution is 2.14. The second-order valence-electron chi connectivity index (χ2n) is 3.93. The average molecular weight is 276 g/mol. The molecule has 2 heterocycles. The van der Waals surface area contributed by atoms with Crippen LogP contribution in [0.4, 0.5) is 0 Å². The first-order valence-corrected chi connectivity index (χ1v) is 6.41. The van der Waals surface area contributed by atoms with Gasteiger partial charge in [-0.25, -0.2) is 9.78 Å². The lowest BCUT2D eigenvalue weighted by atomic mass is 10.2. The highest BCUT2D eigenvalue weighted by atomic mass is 32.1. The molecule has 2 N–H and O–H groups in total. The molecule has 0 unspecified atom stereocenters. The number of carbonyl (C=O) groups excluding carboxylic acids is 1. The van der Waals surface area contributed by atoms with Gasteiger partial charge < -0.3 is 10.4 Å². The number of aryl methyl sites for hydroxylation is 1. The Morgan fingerprint density at radius 1 is 1.37 bits per heavy atom. The van der Waals surface area contributed by atoms with E-state index in [4.69, 9.17) is 5.11 Å². The highest BCUT2D eigenvalue weighted by Gasteiger charge is 2.10. The van der Waals surface area contributed by atoms with Crippen LogP contribution >= 0.6 is 11.3 Å². The summed E-state index contributed by atoms with van der Waals surface area (Å²) in [7, 11) is 0. The van der Waals surface area contributed by atoms with Crippen molar-refractivity contribution in [3.8, 4) is 0 Å². The number of aromatic nitrogens is 1. The summed E-state index contributed by atoms with van der Waals surface area (Å²) in [6.07, 6.45) is 1.31. The van der Waals surface area contributed by atoms with Crippen LogP contribution in [0.2, 0.25) is 0 Å². The Balaban J connectivity index is 2.03. The van der Waals surface area contributed by atoms with Gasteiger partial charge in [0.15, 0.2) is 0 Å². The number of rotatable bonds is 4. The summed E-state index contributed by atoms with van der Waals surface area (Å²) in [6.45, 7) is 2.43. The molecule has 0 aliphatic rings. The number of carboxylic acid groups (broad SMARTS) is 1. The van der Waals surface area contributed by atoms with Crippen molar-refractivity contribution in [2.45, 2.75) is 13.5 Å². The molecule has 0 saturated carbocycles. The number of hydrogen-bond donors (Lipinski definition) is 2. The summed E-state index contributed by atoms with van der Waals surface area (Å²) in [5.74, 6) is -1.46. The monoisotopic (exact) mass is 276 g/mol. The fourth-order valence-corrected chi connectivity index (χ4v) is 2.37. The van der Waals surface area contributed by atoms with Crippen molar-refractivity contribution in [3.05, 3.63) is 51.5 Å². The second-order valence-corrected chi connectivity index (χ2v) is 5.30. The van der Waals surface area contributed by atoms with Crippen molar-refractivity contribution >= 4 is 23.2 Å². The molecule has 98 valence electrons. The molecule has 0 aliphatic heterocycles. The lowest BCUT2D eigenvalue weighted by Crippen LogP contribution is -2.22. The molecule has 2 aromatic heterocycles. The Hall–Kier alpha value is -2.21. The highest BCUT2D eigenvalue weighted by molar-refractivity contribution is 7.11. The van der Waals surface area contributed by atoms with Gasteiger partial charge in [0.25, 0.3) is 5.91 Å². The molecular formula is C13H12N2O3S. The minimum absolute atomic E-state index is 0.139. The average Bonchev–Trinajstić information content (AvgIpc) is 2.82. The zero-order chi connectivity index (χ0) is 13.8. The van der Waals surface area contributed by atoms with Crippen molar-refractivity contribution in [2.24, 2.45) is 0 Å². The maximum atomic E-state index is 11.9.